The second kappa shape index (κ2) is 13.2. The first-order valence-corrected chi connectivity index (χ1v) is 21.3. The highest BCUT2D eigenvalue weighted by atomic mass is 15.1. The molecule has 2 nitrogen and oxygen atoms in total. The third-order valence-corrected chi connectivity index (χ3v) is 14.1. The molecule has 5 aliphatic rings. The van der Waals surface area contributed by atoms with Gasteiger partial charge in [0, 0.05) is 34.8 Å². The molecule has 0 saturated carbocycles. The van der Waals surface area contributed by atoms with Crippen LogP contribution in [0.15, 0.2) is 157 Å². The molecule has 6 aromatic carbocycles. The summed E-state index contributed by atoms with van der Waals surface area (Å²) in [5, 5.41) is 3.96. The molecule has 0 saturated heterocycles. The average molecular weight is 751 g/mol. The lowest BCUT2D eigenvalue weighted by molar-refractivity contribution is 0.619. The predicted octanol–water partition coefficient (Wildman–Crippen LogP) is 14.4. The highest BCUT2D eigenvalue weighted by molar-refractivity contribution is 5.98. The minimum Gasteiger partial charge on any atom is -0.381 e. The molecule has 2 heteroatoms. The topological polar surface area (TPSA) is 15.3 Å². The second-order valence-electron chi connectivity index (χ2n) is 17.7. The first kappa shape index (κ1) is 35.1. The Morgan fingerprint density at radius 1 is 0.724 bits per heavy atom. The van der Waals surface area contributed by atoms with Crippen LogP contribution in [0.5, 0.6) is 0 Å². The molecule has 0 aliphatic heterocycles. The van der Waals surface area contributed by atoms with Gasteiger partial charge in [0.15, 0.2) is 0 Å². The fourth-order valence-electron chi connectivity index (χ4n) is 11.2. The molecule has 0 heterocycles. The van der Waals surface area contributed by atoms with Gasteiger partial charge in [-0.3, -0.25) is 0 Å². The summed E-state index contributed by atoms with van der Waals surface area (Å²) in [6.07, 6.45) is 12.0. The molecule has 5 aliphatic carbocycles. The van der Waals surface area contributed by atoms with E-state index in [0.29, 0.717) is 5.92 Å². The quantitative estimate of drug-likeness (QED) is 0.175. The minimum absolute atomic E-state index is 0.109. The first-order chi connectivity index (χ1) is 28.3. The maximum absolute atomic E-state index is 4.47. The molecule has 0 radical (unpaired) electrons. The van der Waals surface area contributed by atoms with E-state index in [2.05, 4.69) is 184 Å². The number of benzene rings is 6. The van der Waals surface area contributed by atoms with Gasteiger partial charge in [0.2, 0.25) is 0 Å². The van der Waals surface area contributed by atoms with Crippen LogP contribution in [0.3, 0.4) is 0 Å². The van der Waals surface area contributed by atoms with Crippen molar-refractivity contribution in [2.24, 2.45) is 0 Å². The van der Waals surface area contributed by atoms with Crippen LogP contribution in [0.1, 0.15) is 109 Å². The van der Waals surface area contributed by atoms with Crippen molar-refractivity contribution in [1.29, 1.82) is 0 Å². The lowest BCUT2D eigenvalue weighted by Gasteiger charge is -2.35. The Balaban J connectivity index is 1.14. The van der Waals surface area contributed by atoms with Gasteiger partial charge in [0.1, 0.15) is 0 Å². The number of hydrogen-bond donors (Lipinski definition) is 1. The average Bonchev–Trinajstić information content (AvgIpc) is 3.90. The largest absolute Gasteiger partial charge is 0.381 e. The van der Waals surface area contributed by atoms with E-state index in [1.807, 2.05) is 0 Å². The van der Waals surface area contributed by atoms with Gasteiger partial charge in [-0.1, -0.05) is 148 Å². The summed E-state index contributed by atoms with van der Waals surface area (Å²) in [7, 11) is 0. The Hall–Kier alpha value is -6.12. The highest BCUT2D eigenvalue weighted by Crippen LogP contribution is 2.56. The third kappa shape index (κ3) is 5.17. The molecule has 0 spiro atoms. The van der Waals surface area contributed by atoms with Crippen molar-refractivity contribution < 1.29 is 0 Å². The van der Waals surface area contributed by atoms with Crippen molar-refractivity contribution in [2.45, 2.75) is 77.2 Å². The van der Waals surface area contributed by atoms with E-state index in [1.54, 1.807) is 5.57 Å². The van der Waals surface area contributed by atoms with Gasteiger partial charge in [-0.2, -0.15) is 0 Å². The highest BCUT2D eigenvalue weighted by Gasteiger charge is 2.38. The van der Waals surface area contributed by atoms with Crippen LogP contribution in [0.4, 0.5) is 17.1 Å². The molecular formula is C56H50N2. The summed E-state index contributed by atoms with van der Waals surface area (Å²) < 4.78 is 0. The summed E-state index contributed by atoms with van der Waals surface area (Å²) in [6.45, 7) is 14.0. The van der Waals surface area contributed by atoms with Crippen LogP contribution in [0.25, 0.3) is 33.9 Å². The van der Waals surface area contributed by atoms with Crippen molar-refractivity contribution in [3.05, 3.63) is 207 Å². The fraction of sp³-hybridized carbons (Fsp3) is 0.214. The van der Waals surface area contributed by atoms with Crippen molar-refractivity contribution in [3.63, 3.8) is 0 Å². The van der Waals surface area contributed by atoms with Crippen molar-refractivity contribution in [3.8, 4) is 22.3 Å². The van der Waals surface area contributed by atoms with Gasteiger partial charge in [-0.25, -0.2) is 0 Å². The van der Waals surface area contributed by atoms with Gasteiger partial charge in [0.25, 0.3) is 0 Å². The zero-order valence-corrected chi connectivity index (χ0v) is 34.1. The monoisotopic (exact) mass is 750 g/mol. The molecule has 6 aromatic rings. The molecule has 0 bridgehead atoms. The Kier molecular flexibility index (Phi) is 7.99. The lowest BCUT2D eigenvalue weighted by atomic mass is 9.80. The summed E-state index contributed by atoms with van der Waals surface area (Å²) in [5.41, 5.74) is 27.3. The van der Waals surface area contributed by atoms with E-state index in [9.17, 15) is 0 Å². The van der Waals surface area contributed by atoms with Crippen LogP contribution >= 0.6 is 0 Å². The zero-order chi connectivity index (χ0) is 39.3. The van der Waals surface area contributed by atoms with Gasteiger partial charge in [-0.15, -0.1) is 0 Å². The van der Waals surface area contributed by atoms with Crippen LogP contribution in [-0.2, 0) is 18.3 Å². The molecule has 11 rings (SSSR count). The van der Waals surface area contributed by atoms with Crippen molar-refractivity contribution in [2.75, 3.05) is 4.90 Å². The Morgan fingerprint density at radius 3 is 2.33 bits per heavy atom. The maximum Gasteiger partial charge on any atom is 0.0508 e. The van der Waals surface area contributed by atoms with E-state index in [0.717, 1.165) is 32.1 Å². The normalized spacial score (nSPS) is 18.1. The van der Waals surface area contributed by atoms with E-state index >= 15 is 0 Å². The first-order valence-electron chi connectivity index (χ1n) is 21.3. The SMILES string of the molecule is C=CC1=C(NC(C)c2ccccc2)CCC2=C1c1cc(N(c3ccc4c(c3)C(C)(C)c3ccccc3-4)c3cccc4c3Cc3ccccc3-4)c3c(c1C2)C=CCC3C. The number of nitrogens with zero attached hydrogens (tertiary/aromatic N) is 1. The predicted molar refractivity (Wildman–Crippen MR) is 244 cm³/mol. The van der Waals surface area contributed by atoms with Crippen LogP contribution in [0.2, 0.25) is 0 Å². The zero-order valence-electron chi connectivity index (χ0n) is 34.1. The number of fused-ring (bicyclic) bond motifs is 10. The summed E-state index contributed by atoms with van der Waals surface area (Å²) in [6, 6.07) is 45.9. The second-order valence-corrected chi connectivity index (χ2v) is 17.7. The van der Waals surface area contributed by atoms with Gasteiger partial charge < -0.3 is 10.2 Å². The van der Waals surface area contributed by atoms with E-state index in [4.69, 9.17) is 0 Å². The molecular weight excluding hydrogens is 701 g/mol. The van der Waals surface area contributed by atoms with E-state index < -0.39 is 0 Å². The van der Waals surface area contributed by atoms with Gasteiger partial charge >= 0.3 is 0 Å². The minimum atomic E-state index is -0.109. The molecule has 58 heavy (non-hydrogen) atoms. The molecule has 0 aromatic heterocycles. The van der Waals surface area contributed by atoms with E-state index in [1.165, 1.54) is 106 Å². The Bertz CT molecular complexity index is 2810. The summed E-state index contributed by atoms with van der Waals surface area (Å²) >= 11 is 0. The molecule has 0 amide bonds. The number of nitrogens with one attached hydrogen (secondary N) is 1. The van der Waals surface area contributed by atoms with Crippen LogP contribution in [0, 0.1) is 0 Å². The number of anilines is 3. The summed E-state index contributed by atoms with van der Waals surface area (Å²) in [4.78, 5) is 2.66. The molecule has 2 atom stereocenters. The molecule has 0 fully saturated rings. The Morgan fingerprint density at radius 2 is 1.48 bits per heavy atom. The molecule has 1 N–H and O–H groups in total. The third-order valence-electron chi connectivity index (χ3n) is 14.1. The maximum atomic E-state index is 4.47. The molecule has 284 valence electrons. The van der Waals surface area contributed by atoms with E-state index in [-0.39, 0.29) is 11.5 Å². The molecule has 2 unspecified atom stereocenters. The van der Waals surface area contributed by atoms with Gasteiger partial charge in [0.05, 0.1) is 11.4 Å². The van der Waals surface area contributed by atoms with Crippen molar-refractivity contribution in [1.82, 2.24) is 5.32 Å². The smallest absolute Gasteiger partial charge is 0.0508 e. The van der Waals surface area contributed by atoms with Crippen LogP contribution < -0.4 is 10.2 Å². The Labute approximate surface area is 344 Å². The number of hydrogen-bond acceptors (Lipinski definition) is 2. The fourth-order valence-corrected chi connectivity index (χ4v) is 11.2. The number of allylic oxidation sites excluding steroid dienone is 6. The lowest BCUT2D eigenvalue weighted by Crippen LogP contribution is -2.22. The summed E-state index contributed by atoms with van der Waals surface area (Å²) in [5.74, 6) is 0.378. The van der Waals surface area contributed by atoms with Crippen LogP contribution in [-0.4, -0.2) is 0 Å². The van der Waals surface area contributed by atoms with Gasteiger partial charge in [-0.05, 0) is 141 Å². The van der Waals surface area contributed by atoms with Crippen molar-refractivity contribution >= 4 is 28.7 Å². The standard InChI is InChI=1S/C56H50N2/c1-6-40-51(57-35(3)36-17-8-7-9-18-36)29-26-38-31-46-45-23-14-16-34(2)54(45)53(33-48(46)55(38)40)58(52-25-15-22-42-41-20-11-10-19-37(41)30-47(42)52)39-27-28-44-43-21-12-13-24-49(43)56(4,5)50(44)32-39/h6-15,17-25,27-28,32-35,57H,1,16,26,29-31H2,2-5H3. The number of rotatable bonds is 7.